The molecule has 1 fully saturated rings. The lowest BCUT2D eigenvalue weighted by Crippen LogP contribution is -2.36. The van der Waals surface area contributed by atoms with E-state index in [0.29, 0.717) is 36.3 Å². The third-order valence-electron chi connectivity index (χ3n) is 4.62. The van der Waals surface area contributed by atoms with Crippen molar-refractivity contribution in [3.63, 3.8) is 0 Å². The summed E-state index contributed by atoms with van der Waals surface area (Å²) in [7, 11) is 1.56. The Morgan fingerprint density at radius 3 is 2.80 bits per heavy atom. The highest BCUT2D eigenvalue weighted by Gasteiger charge is 2.13. The predicted octanol–water partition coefficient (Wildman–Crippen LogP) is 4.63. The molecular weight excluding hydrogens is 404 g/mol. The number of nitrogens with zero attached hydrogens (tertiary/aromatic N) is 1. The molecule has 0 atom stereocenters. The Labute approximate surface area is 182 Å². The minimum atomic E-state index is -0.226. The molecule has 3 rings (SSSR count). The monoisotopic (exact) mass is 430 g/mol. The second-order valence-electron chi connectivity index (χ2n) is 6.85. The normalized spacial score (nSPS) is 14.0. The van der Waals surface area contributed by atoms with E-state index < -0.39 is 0 Å². The van der Waals surface area contributed by atoms with Gasteiger partial charge in [0.05, 0.1) is 32.0 Å². The quantitative estimate of drug-likeness (QED) is 0.619. The van der Waals surface area contributed by atoms with E-state index >= 15 is 0 Å². The first-order valence-corrected chi connectivity index (χ1v) is 10.4. The number of amides is 1. The van der Waals surface area contributed by atoms with Gasteiger partial charge in [-0.2, -0.15) is 0 Å². The molecule has 0 radical (unpaired) electrons. The summed E-state index contributed by atoms with van der Waals surface area (Å²) in [5, 5.41) is 3.35. The van der Waals surface area contributed by atoms with Crippen LogP contribution in [-0.4, -0.2) is 45.9 Å². The number of carbonyl (C=O) groups is 1. The van der Waals surface area contributed by atoms with Crippen molar-refractivity contribution in [2.24, 2.45) is 0 Å². The van der Waals surface area contributed by atoms with E-state index in [1.54, 1.807) is 25.3 Å². The van der Waals surface area contributed by atoms with Crippen molar-refractivity contribution < 1.29 is 19.0 Å². The Kier molecular flexibility index (Phi) is 7.99. The minimum Gasteiger partial charge on any atom is -0.493 e. The molecule has 1 aliphatic rings. The van der Waals surface area contributed by atoms with Crippen LogP contribution in [0.3, 0.4) is 0 Å². The molecule has 1 aliphatic heterocycles. The molecule has 0 unspecified atom stereocenters. The summed E-state index contributed by atoms with van der Waals surface area (Å²) < 4.78 is 16.4. The Hall–Kier alpha value is -2.70. The van der Waals surface area contributed by atoms with Gasteiger partial charge in [-0.3, -0.25) is 4.79 Å². The smallest absolute Gasteiger partial charge is 0.248 e. The Morgan fingerprint density at radius 2 is 2.07 bits per heavy atom. The molecule has 2 aromatic rings. The maximum absolute atomic E-state index is 12.4. The number of hydrogen-bond acceptors (Lipinski definition) is 5. The van der Waals surface area contributed by atoms with Gasteiger partial charge in [0, 0.05) is 30.5 Å². The zero-order valence-electron chi connectivity index (χ0n) is 17.3. The van der Waals surface area contributed by atoms with Crippen LogP contribution in [0.15, 0.2) is 42.5 Å². The van der Waals surface area contributed by atoms with Gasteiger partial charge in [0.25, 0.3) is 0 Å². The summed E-state index contributed by atoms with van der Waals surface area (Å²) in [5.41, 5.74) is 2.56. The standard InChI is InChI=1S/C23H27ClN2O4/c1-3-11-30-23-20(24)14-17(15-21(23)28-2)7-8-22(27)25-18-5-4-6-19(16-18)26-9-12-29-13-10-26/h4-8,14-16H,3,9-13H2,1-2H3,(H,25,27). The number of anilines is 2. The Balaban J connectivity index is 1.66. The third-order valence-corrected chi connectivity index (χ3v) is 4.90. The molecule has 1 N–H and O–H groups in total. The SMILES string of the molecule is CCCOc1c(Cl)cc(C=CC(=O)Nc2cccc(N3CCOCC3)c2)cc1OC. The topological polar surface area (TPSA) is 60.0 Å². The maximum Gasteiger partial charge on any atom is 0.248 e. The number of halogens is 1. The highest BCUT2D eigenvalue weighted by Crippen LogP contribution is 2.36. The molecule has 30 heavy (non-hydrogen) atoms. The van der Waals surface area contributed by atoms with E-state index in [9.17, 15) is 4.79 Å². The summed E-state index contributed by atoms with van der Waals surface area (Å²) in [4.78, 5) is 14.6. The molecule has 1 amide bonds. The van der Waals surface area contributed by atoms with Crippen LogP contribution < -0.4 is 19.7 Å². The van der Waals surface area contributed by atoms with Crippen LogP contribution in [-0.2, 0) is 9.53 Å². The van der Waals surface area contributed by atoms with E-state index in [1.165, 1.54) is 6.08 Å². The summed E-state index contributed by atoms with van der Waals surface area (Å²) in [5.74, 6) is 0.826. The summed E-state index contributed by atoms with van der Waals surface area (Å²) in [6, 6.07) is 11.3. The van der Waals surface area contributed by atoms with Crippen LogP contribution in [0.2, 0.25) is 5.02 Å². The number of methoxy groups -OCH3 is 1. The van der Waals surface area contributed by atoms with Gasteiger partial charge in [-0.15, -0.1) is 0 Å². The van der Waals surface area contributed by atoms with E-state index in [-0.39, 0.29) is 5.91 Å². The first kappa shape index (κ1) is 22.0. The number of carbonyl (C=O) groups excluding carboxylic acids is 1. The van der Waals surface area contributed by atoms with Crippen molar-refractivity contribution in [1.82, 2.24) is 0 Å². The van der Waals surface area contributed by atoms with E-state index in [1.807, 2.05) is 31.2 Å². The zero-order valence-corrected chi connectivity index (χ0v) is 18.1. The highest BCUT2D eigenvalue weighted by molar-refractivity contribution is 6.32. The van der Waals surface area contributed by atoms with Gasteiger partial charge >= 0.3 is 0 Å². The molecule has 160 valence electrons. The summed E-state index contributed by atoms with van der Waals surface area (Å²) in [6.07, 6.45) is 4.03. The third kappa shape index (κ3) is 5.90. The van der Waals surface area contributed by atoms with E-state index in [4.69, 9.17) is 25.8 Å². The fraction of sp³-hybridized carbons (Fsp3) is 0.348. The van der Waals surface area contributed by atoms with Gasteiger partial charge in [0.15, 0.2) is 11.5 Å². The van der Waals surface area contributed by atoms with Gasteiger partial charge in [-0.05, 0) is 48.4 Å². The highest BCUT2D eigenvalue weighted by atomic mass is 35.5. The average Bonchev–Trinajstić information content (AvgIpc) is 2.77. The molecule has 6 nitrogen and oxygen atoms in total. The second kappa shape index (κ2) is 10.9. The van der Waals surface area contributed by atoms with Crippen molar-refractivity contribution in [2.45, 2.75) is 13.3 Å². The molecule has 1 saturated heterocycles. The molecule has 0 aromatic heterocycles. The van der Waals surface area contributed by atoms with Crippen LogP contribution in [0, 0.1) is 0 Å². The predicted molar refractivity (Wildman–Crippen MR) is 121 cm³/mol. The minimum absolute atomic E-state index is 0.226. The van der Waals surface area contributed by atoms with Crippen LogP contribution in [0.4, 0.5) is 11.4 Å². The Bertz CT molecular complexity index is 895. The number of ether oxygens (including phenoxy) is 3. The van der Waals surface area contributed by atoms with Gasteiger partial charge in [-0.25, -0.2) is 0 Å². The maximum atomic E-state index is 12.4. The van der Waals surface area contributed by atoms with Crippen molar-refractivity contribution in [2.75, 3.05) is 50.2 Å². The fourth-order valence-electron chi connectivity index (χ4n) is 3.14. The molecule has 0 spiro atoms. The van der Waals surface area contributed by atoms with E-state index in [0.717, 1.165) is 36.4 Å². The van der Waals surface area contributed by atoms with Gasteiger partial charge < -0.3 is 24.4 Å². The number of morpholine rings is 1. The lowest BCUT2D eigenvalue weighted by molar-refractivity contribution is -0.111. The van der Waals surface area contributed by atoms with E-state index in [2.05, 4.69) is 10.2 Å². The largest absolute Gasteiger partial charge is 0.493 e. The number of hydrogen-bond donors (Lipinski definition) is 1. The lowest BCUT2D eigenvalue weighted by atomic mass is 10.2. The molecule has 0 aliphatic carbocycles. The van der Waals surface area contributed by atoms with Crippen molar-refractivity contribution in [3.05, 3.63) is 53.1 Å². The molecule has 7 heteroatoms. The zero-order chi connectivity index (χ0) is 21.3. The van der Waals surface area contributed by atoms with Crippen molar-refractivity contribution >= 4 is 35.0 Å². The molecule has 2 aromatic carbocycles. The lowest BCUT2D eigenvalue weighted by Gasteiger charge is -2.29. The number of nitrogens with one attached hydrogen (secondary N) is 1. The van der Waals surface area contributed by atoms with Crippen LogP contribution in [0.1, 0.15) is 18.9 Å². The van der Waals surface area contributed by atoms with Gasteiger partial charge in [0.1, 0.15) is 0 Å². The molecule has 0 bridgehead atoms. The van der Waals surface area contributed by atoms with Crippen molar-refractivity contribution in [3.8, 4) is 11.5 Å². The van der Waals surface area contributed by atoms with Crippen LogP contribution >= 0.6 is 11.6 Å². The molecular formula is C23H27ClN2O4. The second-order valence-corrected chi connectivity index (χ2v) is 7.26. The average molecular weight is 431 g/mol. The first-order valence-electron chi connectivity index (χ1n) is 10.0. The Morgan fingerprint density at radius 1 is 1.27 bits per heavy atom. The molecule has 0 saturated carbocycles. The number of rotatable bonds is 8. The van der Waals surface area contributed by atoms with Gasteiger partial charge in [0.2, 0.25) is 5.91 Å². The fourth-order valence-corrected chi connectivity index (χ4v) is 3.41. The van der Waals surface area contributed by atoms with Crippen molar-refractivity contribution in [1.29, 1.82) is 0 Å². The van der Waals surface area contributed by atoms with Crippen LogP contribution in [0.5, 0.6) is 11.5 Å². The molecule has 1 heterocycles. The van der Waals surface area contributed by atoms with Crippen LogP contribution in [0.25, 0.3) is 6.08 Å². The summed E-state index contributed by atoms with van der Waals surface area (Å²) >= 11 is 6.33. The van der Waals surface area contributed by atoms with Gasteiger partial charge in [-0.1, -0.05) is 24.6 Å². The first-order chi connectivity index (χ1) is 14.6. The number of benzene rings is 2. The summed E-state index contributed by atoms with van der Waals surface area (Å²) in [6.45, 7) is 5.70.